The number of hydrogen-bond donors (Lipinski definition) is 0. The average molecular weight is 408 g/mol. The van der Waals surface area contributed by atoms with Crippen LogP contribution in [0.1, 0.15) is 181 Å². The molecule has 0 aromatic rings. The van der Waals surface area contributed by atoms with Gasteiger partial charge in [0.15, 0.2) is 0 Å². The first kappa shape index (κ1) is 31.2. The van der Waals surface area contributed by atoms with Gasteiger partial charge in [-0.3, -0.25) is 0 Å². The van der Waals surface area contributed by atoms with Gasteiger partial charge in [-0.15, -0.1) is 0 Å². The Kier molecular flexibility index (Phi) is 32.5. The Labute approximate surface area is 188 Å². The zero-order valence-corrected chi connectivity index (χ0v) is 21.0. The topological polar surface area (TPSA) is 0 Å². The van der Waals surface area contributed by atoms with Crippen molar-refractivity contribution in [3.63, 3.8) is 0 Å². The summed E-state index contributed by atoms with van der Waals surface area (Å²) in [6, 6.07) is 0. The molecular formula is C29H59. The SMILES string of the molecule is CCCCCCCCCCCCCCCCCCCCCCCCCCCC.[CH]. The highest BCUT2D eigenvalue weighted by Crippen LogP contribution is 2.15. The number of hydrogen-bond acceptors (Lipinski definition) is 0. The van der Waals surface area contributed by atoms with E-state index in [9.17, 15) is 0 Å². The highest BCUT2D eigenvalue weighted by molar-refractivity contribution is 4.51. The summed E-state index contributed by atoms with van der Waals surface area (Å²) in [5.74, 6) is 0. The van der Waals surface area contributed by atoms with Gasteiger partial charge in [0.05, 0.1) is 0 Å². The van der Waals surface area contributed by atoms with Crippen LogP contribution in [-0.4, -0.2) is 0 Å². The molecule has 0 heteroatoms. The Morgan fingerprint density at radius 2 is 0.310 bits per heavy atom. The first-order chi connectivity index (χ1) is 13.9. The molecule has 29 heavy (non-hydrogen) atoms. The summed E-state index contributed by atoms with van der Waals surface area (Å²) in [5.41, 5.74) is 0. The van der Waals surface area contributed by atoms with Gasteiger partial charge >= 0.3 is 0 Å². The van der Waals surface area contributed by atoms with Crippen molar-refractivity contribution in [2.24, 2.45) is 0 Å². The van der Waals surface area contributed by atoms with Crippen LogP contribution in [0, 0.1) is 7.43 Å². The van der Waals surface area contributed by atoms with E-state index in [4.69, 9.17) is 0 Å². The van der Waals surface area contributed by atoms with E-state index in [0.29, 0.717) is 0 Å². The zero-order chi connectivity index (χ0) is 20.4. The summed E-state index contributed by atoms with van der Waals surface area (Å²) in [4.78, 5) is 0. The van der Waals surface area contributed by atoms with Crippen LogP contribution in [-0.2, 0) is 0 Å². The summed E-state index contributed by atoms with van der Waals surface area (Å²) in [6.45, 7) is 4.61. The molecule has 0 unspecified atom stereocenters. The number of rotatable bonds is 25. The molecule has 3 radical (unpaired) electrons. The predicted molar refractivity (Wildman–Crippen MR) is 136 cm³/mol. The molecule has 0 atom stereocenters. The first-order valence-electron chi connectivity index (χ1n) is 13.9. The fourth-order valence-electron chi connectivity index (χ4n) is 4.39. The highest BCUT2D eigenvalue weighted by atomic mass is 14.0. The first-order valence-corrected chi connectivity index (χ1v) is 13.9. The third-order valence-electron chi connectivity index (χ3n) is 6.46. The monoisotopic (exact) mass is 407 g/mol. The van der Waals surface area contributed by atoms with Gasteiger partial charge in [0.25, 0.3) is 0 Å². The Morgan fingerprint density at radius 3 is 0.414 bits per heavy atom. The fourth-order valence-corrected chi connectivity index (χ4v) is 4.39. The lowest BCUT2D eigenvalue weighted by molar-refractivity contribution is 0.516. The molecule has 0 spiro atoms. The Balaban J connectivity index is 0. The van der Waals surface area contributed by atoms with Gasteiger partial charge in [-0.05, 0) is 7.43 Å². The largest absolute Gasteiger partial charge is 0.0654 e. The van der Waals surface area contributed by atoms with Crippen molar-refractivity contribution < 1.29 is 0 Å². The van der Waals surface area contributed by atoms with E-state index in [2.05, 4.69) is 13.8 Å². The molecule has 0 nitrogen and oxygen atoms in total. The van der Waals surface area contributed by atoms with Gasteiger partial charge in [0.1, 0.15) is 0 Å². The molecule has 0 amide bonds. The van der Waals surface area contributed by atoms with E-state index in [1.54, 1.807) is 0 Å². The van der Waals surface area contributed by atoms with Crippen LogP contribution in [0.2, 0.25) is 0 Å². The lowest BCUT2D eigenvalue weighted by Gasteiger charge is -2.04. The van der Waals surface area contributed by atoms with Crippen molar-refractivity contribution in [1.29, 1.82) is 0 Å². The normalized spacial score (nSPS) is 11.0. The summed E-state index contributed by atoms with van der Waals surface area (Å²) >= 11 is 0. The van der Waals surface area contributed by atoms with Crippen LogP contribution < -0.4 is 0 Å². The molecule has 0 aliphatic heterocycles. The molecular weight excluding hydrogens is 348 g/mol. The van der Waals surface area contributed by atoms with Crippen LogP contribution in [0.3, 0.4) is 0 Å². The second-order valence-electron chi connectivity index (χ2n) is 9.49. The van der Waals surface area contributed by atoms with Crippen LogP contribution in [0.4, 0.5) is 0 Å². The second-order valence-corrected chi connectivity index (χ2v) is 9.49. The molecule has 0 saturated carbocycles. The Morgan fingerprint density at radius 1 is 0.207 bits per heavy atom. The molecule has 0 N–H and O–H groups in total. The van der Waals surface area contributed by atoms with E-state index in [1.807, 2.05) is 0 Å². The van der Waals surface area contributed by atoms with Gasteiger partial charge < -0.3 is 0 Å². The van der Waals surface area contributed by atoms with Crippen LogP contribution >= 0.6 is 0 Å². The standard InChI is InChI=1S/C28H58.CH/c1-3-5-7-9-11-13-15-17-19-21-23-25-27-28-26-24-22-20-18-16-14-12-10-8-6-4-2;/h3-28H2,1-2H3;1H. The maximum atomic E-state index is 2.30. The maximum absolute atomic E-state index is 2.30. The third-order valence-corrected chi connectivity index (χ3v) is 6.46. The van der Waals surface area contributed by atoms with Crippen LogP contribution in [0.25, 0.3) is 0 Å². The van der Waals surface area contributed by atoms with Crippen LogP contribution in [0.5, 0.6) is 0 Å². The van der Waals surface area contributed by atoms with Crippen molar-refractivity contribution in [2.75, 3.05) is 0 Å². The van der Waals surface area contributed by atoms with Crippen molar-refractivity contribution >= 4 is 0 Å². The Bertz CT molecular complexity index is 218. The van der Waals surface area contributed by atoms with E-state index in [-0.39, 0.29) is 7.43 Å². The quantitative estimate of drug-likeness (QED) is 0.132. The lowest BCUT2D eigenvalue weighted by Crippen LogP contribution is -1.84. The highest BCUT2D eigenvalue weighted by Gasteiger charge is 1.96. The van der Waals surface area contributed by atoms with Gasteiger partial charge in [0.2, 0.25) is 0 Å². The molecule has 0 rings (SSSR count). The van der Waals surface area contributed by atoms with Crippen molar-refractivity contribution in [3.05, 3.63) is 7.43 Å². The molecule has 0 aliphatic carbocycles. The smallest absolute Gasteiger partial charge is 0.0312 e. The average Bonchev–Trinajstić information content (AvgIpc) is 2.71. The van der Waals surface area contributed by atoms with Gasteiger partial charge in [-0.2, -0.15) is 0 Å². The van der Waals surface area contributed by atoms with Crippen molar-refractivity contribution in [3.8, 4) is 0 Å². The van der Waals surface area contributed by atoms with E-state index >= 15 is 0 Å². The lowest BCUT2D eigenvalue weighted by atomic mass is 10.0. The van der Waals surface area contributed by atoms with Gasteiger partial charge in [-0.25, -0.2) is 0 Å². The minimum Gasteiger partial charge on any atom is -0.0654 e. The molecule has 0 fully saturated rings. The molecule has 0 aromatic carbocycles. The zero-order valence-electron chi connectivity index (χ0n) is 21.0. The van der Waals surface area contributed by atoms with E-state index < -0.39 is 0 Å². The second kappa shape index (κ2) is 30.2. The van der Waals surface area contributed by atoms with Crippen LogP contribution in [0.15, 0.2) is 0 Å². The third kappa shape index (κ3) is 30.3. The molecule has 0 saturated heterocycles. The summed E-state index contributed by atoms with van der Waals surface area (Å²) in [6.07, 6.45) is 38.4. The molecule has 0 aliphatic rings. The number of unbranched alkanes of at least 4 members (excludes halogenated alkanes) is 25. The van der Waals surface area contributed by atoms with Gasteiger partial charge in [0, 0.05) is 0 Å². The molecule has 0 aromatic heterocycles. The van der Waals surface area contributed by atoms with E-state index in [1.165, 1.54) is 167 Å². The molecule has 175 valence electrons. The summed E-state index contributed by atoms with van der Waals surface area (Å²) in [7, 11) is 0. The Hall–Kier alpha value is 0. The van der Waals surface area contributed by atoms with Gasteiger partial charge in [-0.1, -0.05) is 181 Å². The van der Waals surface area contributed by atoms with Crippen molar-refractivity contribution in [1.82, 2.24) is 0 Å². The maximum Gasteiger partial charge on any atom is -0.0312 e. The fraction of sp³-hybridized carbons (Fsp3) is 0.966. The summed E-state index contributed by atoms with van der Waals surface area (Å²) < 4.78 is 0. The minimum atomic E-state index is 0. The van der Waals surface area contributed by atoms with Crippen molar-refractivity contribution in [2.45, 2.75) is 181 Å². The van der Waals surface area contributed by atoms with E-state index in [0.717, 1.165) is 0 Å². The predicted octanol–water partition coefficient (Wildman–Crippen LogP) is 11.4. The molecule has 0 heterocycles. The molecule has 0 bridgehead atoms. The summed E-state index contributed by atoms with van der Waals surface area (Å²) in [5, 5.41) is 0. The minimum absolute atomic E-state index is 0.